The lowest BCUT2D eigenvalue weighted by Crippen LogP contribution is -2.32. The predicted octanol–water partition coefficient (Wildman–Crippen LogP) is 1.28. The molecule has 19 heavy (non-hydrogen) atoms. The smallest absolute Gasteiger partial charge is 0.251 e. The molecule has 0 unspecified atom stereocenters. The van der Waals surface area contributed by atoms with Crippen LogP contribution in [0.5, 0.6) is 5.75 Å². The average molecular weight is 264 g/mol. The van der Waals surface area contributed by atoms with Crippen LogP contribution in [-0.4, -0.2) is 30.0 Å². The van der Waals surface area contributed by atoms with Gasteiger partial charge in [-0.05, 0) is 30.2 Å². The summed E-state index contributed by atoms with van der Waals surface area (Å²) in [7, 11) is 0. The van der Waals surface area contributed by atoms with Crippen LogP contribution in [0.3, 0.4) is 0 Å². The Morgan fingerprint density at radius 1 is 1.16 bits per heavy atom. The number of phenols is 1. The Hall–Kier alpha value is -2.04. The van der Waals surface area contributed by atoms with Gasteiger partial charge in [-0.1, -0.05) is 13.8 Å². The first-order valence-electron chi connectivity index (χ1n) is 6.33. The first kappa shape index (κ1) is 15.0. The minimum Gasteiger partial charge on any atom is -0.508 e. The molecule has 5 heteroatoms. The number of nitrogens with one attached hydrogen (secondary N) is 2. The molecule has 0 saturated carbocycles. The molecule has 1 aromatic rings. The van der Waals surface area contributed by atoms with Gasteiger partial charge in [0.2, 0.25) is 5.91 Å². The van der Waals surface area contributed by atoms with Crippen LogP contribution in [0.4, 0.5) is 0 Å². The molecule has 0 saturated heterocycles. The highest BCUT2D eigenvalue weighted by Crippen LogP contribution is 2.09. The maximum absolute atomic E-state index is 11.7. The van der Waals surface area contributed by atoms with Crippen molar-refractivity contribution in [1.82, 2.24) is 10.6 Å². The fraction of sp³-hybridized carbons (Fsp3) is 0.429. The molecule has 0 heterocycles. The molecular formula is C14H20N2O3. The Morgan fingerprint density at radius 3 is 2.37 bits per heavy atom. The molecule has 3 N–H and O–H groups in total. The van der Waals surface area contributed by atoms with Crippen LogP contribution in [0, 0.1) is 5.92 Å². The molecule has 1 aromatic carbocycles. The third-order valence-electron chi connectivity index (χ3n) is 2.47. The van der Waals surface area contributed by atoms with Crippen molar-refractivity contribution in [2.24, 2.45) is 5.92 Å². The number of hydrogen-bond acceptors (Lipinski definition) is 3. The van der Waals surface area contributed by atoms with E-state index in [1.54, 1.807) is 0 Å². The van der Waals surface area contributed by atoms with E-state index >= 15 is 0 Å². The maximum atomic E-state index is 11.7. The van der Waals surface area contributed by atoms with Gasteiger partial charge in [0.05, 0.1) is 0 Å². The molecule has 0 aliphatic carbocycles. The van der Waals surface area contributed by atoms with E-state index in [9.17, 15) is 9.59 Å². The number of phenolic OH excluding ortho intramolecular Hbond substituents is 1. The Balaban J connectivity index is 2.27. The van der Waals surface area contributed by atoms with E-state index in [4.69, 9.17) is 5.11 Å². The van der Waals surface area contributed by atoms with Gasteiger partial charge in [-0.15, -0.1) is 0 Å². The lowest BCUT2D eigenvalue weighted by atomic mass is 10.2. The summed E-state index contributed by atoms with van der Waals surface area (Å²) in [4.78, 5) is 23.1. The highest BCUT2D eigenvalue weighted by molar-refractivity contribution is 5.94. The van der Waals surface area contributed by atoms with E-state index in [1.807, 2.05) is 13.8 Å². The van der Waals surface area contributed by atoms with Crippen molar-refractivity contribution in [3.8, 4) is 5.75 Å². The Morgan fingerprint density at radius 2 is 1.79 bits per heavy atom. The van der Waals surface area contributed by atoms with Gasteiger partial charge in [-0.25, -0.2) is 0 Å². The third-order valence-corrected chi connectivity index (χ3v) is 2.47. The normalized spacial score (nSPS) is 10.3. The predicted molar refractivity (Wildman–Crippen MR) is 72.9 cm³/mol. The summed E-state index contributed by atoms with van der Waals surface area (Å²) >= 11 is 0. The Bertz CT molecular complexity index is 427. The van der Waals surface area contributed by atoms with E-state index in [-0.39, 0.29) is 24.0 Å². The maximum Gasteiger partial charge on any atom is 0.251 e. The SMILES string of the molecule is CC(C)CNC(=O)CCNC(=O)c1ccc(O)cc1. The molecule has 1 rings (SSSR count). The largest absolute Gasteiger partial charge is 0.508 e. The number of carbonyl (C=O) groups excluding carboxylic acids is 2. The highest BCUT2D eigenvalue weighted by atomic mass is 16.3. The second-order valence-corrected chi connectivity index (χ2v) is 4.75. The van der Waals surface area contributed by atoms with Crippen molar-refractivity contribution in [1.29, 1.82) is 0 Å². The van der Waals surface area contributed by atoms with E-state index in [2.05, 4.69) is 10.6 Å². The van der Waals surface area contributed by atoms with Crippen LogP contribution < -0.4 is 10.6 Å². The number of hydrogen-bond donors (Lipinski definition) is 3. The summed E-state index contributed by atoms with van der Waals surface area (Å²) in [6.45, 7) is 4.98. The first-order chi connectivity index (χ1) is 8.99. The Kier molecular flexibility index (Phi) is 5.85. The van der Waals surface area contributed by atoms with Gasteiger partial charge in [0.1, 0.15) is 5.75 Å². The number of carbonyl (C=O) groups is 2. The van der Waals surface area contributed by atoms with Crippen molar-refractivity contribution < 1.29 is 14.7 Å². The molecule has 0 aromatic heterocycles. The molecule has 0 bridgehead atoms. The summed E-state index contributed by atoms with van der Waals surface area (Å²) in [6, 6.07) is 5.96. The van der Waals surface area contributed by atoms with E-state index < -0.39 is 0 Å². The molecule has 5 nitrogen and oxygen atoms in total. The van der Waals surface area contributed by atoms with Gasteiger partial charge < -0.3 is 15.7 Å². The lowest BCUT2D eigenvalue weighted by Gasteiger charge is -2.08. The van der Waals surface area contributed by atoms with E-state index in [1.165, 1.54) is 24.3 Å². The van der Waals surface area contributed by atoms with Gasteiger partial charge in [0.15, 0.2) is 0 Å². The number of aromatic hydroxyl groups is 1. The number of benzene rings is 1. The van der Waals surface area contributed by atoms with Gasteiger partial charge in [0, 0.05) is 25.1 Å². The van der Waals surface area contributed by atoms with Crippen LogP contribution >= 0.6 is 0 Å². The number of amides is 2. The minimum atomic E-state index is -0.253. The summed E-state index contributed by atoms with van der Waals surface area (Å²) in [5.74, 6) is 0.205. The van der Waals surface area contributed by atoms with E-state index in [0.717, 1.165) is 0 Å². The fourth-order valence-electron chi connectivity index (χ4n) is 1.41. The molecule has 0 atom stereocenters. The minimum absolute atomic E-state index is 0.0697. The molecule has 0 fully saturated rings. The first-order valence-corrected chi connectivity index (χ1v) is 6.33. The highest BCUT2D eigenvalue weighted by Gasteiger charge is 2.06. The lowest BCUT2D eigenvalue weighted by molar-refractivity contribution is -0.121. The third kappa shape index (κ3) is 5.90. The van der Waals surface area contributed by atoms with Crippen molar-refractivity contribution in [2.75, 3.05) is 13.1 Å². The molecule has 0 spiro atoms. The second kappa shape index (κ2) is 7.41. The second-order valence-electron chi connectivity index (χ2n) is 4.75. The molecule has 0 aliphatic rings. The zero-order valence-corrected chi connectivity index (χ0v) is 11.3. The van der Waals surface area contributed by atoms with Gasteiger partial charge in [0.25, 0.3) is 5.91 Å². The van der Waals surface area contributed by atoms with Gasteiger partial charge in [-0.3, -0.25) is 9.59 Å². The van der Waals surface area contributed by atoms with Crippen LogP contribution in [0.15, 0.2) is 24.3 Å². The van der Waals surface area contributed by atoms with Crippen molar-refractivity contribution in [3.05, 3.63) is 29.8 Å². The van der Waals surface area contributed by atoms with Gasteiger partial charge in [-0.2, -0.15) is 0 Å². The van der Waals surface area contributed by atoms with Crippen LogP contribution in [0.2, 0.25) is 0 Å². The summed E-state index contributed by atoms with van der Waals surface area (Å²) in [5.41, 5.74) is 0.459. The molecular weight excluding hydrogens is 244 g/mol. The summed E-state index contributed by atoms with van der Waals surface area (Å²) in [6.07, 6.45) is 0.260. The standard InChI is InChI=1S/C14H20N2O3/c1-10(2)9-16-13(18)7-8-15-14(19)11-3-5-12(17)6-4-11/h3-6,10,17H,7-9H2,1-2H3,(H,15,19)(H,16,18). The van der Waals surface area contributed by atoms with Crippen molar-refractivity contribution in [2.45, 2.75) is 20.3 Å². The van der Waals surface area contributed by atoms with E-state index in [0.29, 0.717) is 24.6 Å². The van der Waals surface area contributed by atoms with Crippen LogP contribution in [0.25, 0.3) is 0 Å². The number of rotatable bonds is 6. The summed E-state index contributed by atoms with van der Waals surface area (Å²) in [5, 5.41) is 14.5. The topological polar surface area (TPSA) is 78.4 Å². The Labute approximate surface area is 113 Å². The van der Waals surface area contributed by atoms with Gasteiger partial charge >= 0.3 is 0 Å². The zero-order chi connectivity index (χ0) is 14.3. The van der Waals surface area contributed by atoms with Crippen molar-refractivity contribution in [3.63, 3.8) is 0 Å². The summed E-state index contributed by atoms with van der Waals surface area (Å²) < 4.78 is 0. The average Bonchev–Trinajstić information content (AvgIpc) is 2.37. The van der Waals surface area contributed by atoms with Crippen LogP contribution in [-0.2, 0) is 4.79 Å². The zero-order valence-electron chi connectivity index (χ0n) is 11.3. The monoisotopic (exact) mass is 264 g/mol. The molecule has 104 valence electrons. The fourth-order valence-corrected chi connectivity index (χ4v) is 1.41. The van der Waals surface area contributed by atoms with Crippen LogP contribution in [0.1, 0.15) is 30.6 Å². The molecule has 2 amide bonds. The quantitative estimate of drug-likeness (QED) is 0.724. The molecule has 0 radical (unpaired) electrons. The molecule has 0 aliphatic heterocycles. The van der Waals surface area contributed by atoms with Crippen molar-refractivity contribution >= 4 is 11.8 Å².